The van der Waals surface area contributed by atoms with Crippen LogP contribution < -0.4 is 10.2 Å². The summed E-state index contributed by atoms with van der Waals surface area (Å²) in [6, 6.07) is 6.05. The summed E-state index contributed by atoms with van der Waals surface area (Å²) in [5, 5.41) is 2.93. The van der Waals surface area contributed by atoms with Gasteiger partial charge in [-0.15, -0.1) is 0 Å². The van der Waals surface area contributed by atoms with Crippen LogP contribution in [0.2, 0.25) is 0 Å². The molecule has 0 bridgehead atoms. The summed E-state index contributed by atoms with van der Waals surface area (Å²) in [7, 11) is 0. The Bertz CT molecular complexity index is 724. The lowest BCUT2D eigenvalue weighted by molar-refractivity contribution is -0.142. The Hall–Kier alpha value is -2.37. The Morgan fingerprint density at radius 2 is 1.73 bits per heavy atom. The topological polar surface area (TPSA) is 69.7 Å². The highest BCUT2D eigenvalue weighted by Crippen LogP contribution is 2.32. The number of hydrogen-bond acceptors (Lipinski definition) is 3. The van der Waals surface area contributed by atoms with Gasteiger partial charge in [-0.25, -0.2) is 9.69 Å². The lowest BCUT2D eigenvalue weighted by Gasteiger charge is -2.38. The van der Waals surface area contributed by atoms with Crippen molar-refractivity contribution >= 4 is 23.5 Å². The second kappa shape index (κ2) is 6.74. The van der Waals surface area contributed by atoms with Gasteiger partial charge in [-0.1, -0.05) is 37.0 Å². The maximum atomic E-state index is 13.2. The first-order valence-electron chi connectivity index (χ1n) is 9.58. The van der Waals surface area contributed by atoms with E-state index in [-0.39, 0.29) is 23.8 Å². The summed E-state index contributed by atoms with van der Waals surface area (Å²) < 4.78 is 0. The molecule has 0 aromatic heterocycles. The number of carbonyl (C=O) groups excluding carboxylic acids is 3. The number of imide groups is 1. The number of benzene rings is 1. The lowest BCUT2D eigenvalue weighted by Crippen LogP contribution is -2.65. The van der Waals surface area contributed by atoms with Crippen LogP contribution in [0.5, 0.6) is 0 Å². The van der Waals surface area contributed by atoms with E-state index in [1.165, 1.54) is 11.3 Å². The van der Waals surface area contributed by atoms with E-state index < -0.39 is 12.1 Å². The second-order valence-electron chi connectivity index (χ2n) is 7.67. The highest BCUT2D eigenvalue weighted by atomic mass is 16.2. The molecular formula is C20H25N3O3. The fourth-order valence-corrected chi connectivity index (χ4v) is 4.47. The molecule has 138 valence electrons. The Kier molecular flexibility index (Phi) is 4.42. The van der Waals surface area contributed by atoms with Crippen molar-refractivity contribution in [2.75, 3.05) is 11.4 Å². The molecule has 1 saturated carbocycles. The van der Waals surface area contributed by atoms with Crippen LogP contribution in [0.4, 0.5) is 10.5 Å². The maximum Gasteiger partial charge on any atom is 0.329 e. The minimum absolute atomic E-state index is 0.0285. The zero-order valence-corrected chi connectivity index (χ0v) is 15.1. The van der Waals surface area contributed by atoms with Crippen LogP contribution in [-0.2, 0) is 9.59 Å². The van der Waals surface area contributed by atoms with Gasteiger partial charge in [-0.3, -0.25) is 9.59 Å². The summed E-state index contributed by atoms with van der Waals surface area (Å²) in [6.07, 6.45) is 5.81. The van der Waals surface area contributed by atoms with Gasteiger partial charge in [0.1, 0.15) is 6.04 Å². The number of urea groups is 1. The molecule has 2 heterocycles. The van der Waals surface area contributed by atoms with E-state index in [2.05, 4.69) is 5.32 Å². The van der Waals surface area contributed by atoms with Gasteiger partial charge in [0.05, 0.1) is 11.7 Å². The molecular weight excluding hydrogens is 330 g/mol. The number of rotatable bonds is 2. The monoisotopic (exact) mass is 355 g/mol. The smallest absolute Gasteiger partial charge is 0.329 e. The number of nitrogens with one attached hydrogen (secondary N) is 1. The first kappa shape index (κ1) is 17.1. The largest absolute Gasteiger partial charge is 0.332 e. The van der Waals surface area contributed by atoms with Crippen LogP contribution in [0.1, 0.15) is 44.1 Å². The Labute approximate surface area is 153 Å². The fraction of sp³-hybridized carbons (Fsp3) is 0.550. The van der Waals surface area contributed by atoms with E-state index in [0.717, 1.165) is 31.2 Å². The van der Waals surface area contributed by atoms with E-state index in [4.69, 9.17) is 0 Å². The standard InChI is InChI=1S/C20H25N3O3/c1-13-7-9-15(10-8-13)23-19(25)17-16(21-20(23)26)11-12-22(17)18(24)14-5-3-2-4-6-14/h7-10,14,16-17H,2-6,11-12H2,1H3,(H,21,26). The molecule has 4 rings (SSSR count). The third-order valence-electron chi connectivity index (χ3n) is 5.91. The number of anilines is 1. The van der Waals surface area contributed by atoms with Crippen molar-refractivity contribution in [1.82, 2.24) is 10.2 Å². The van der Waals surface area contributed by atoms with E-state index in [1.807, 2.05) is 19.1 Å². The van der Waals surface area contributed by atoms with Gasteiger partial charge in [-0.05, 0) is 38.3 Å². The molecule has 26 heavy (non-hydrogen) atoms. The molecule has 1 aliphatic carbocycles. The normalized spacial score (nSPS) is 26.7. The predicted molar refractivity (Wildman–Crippen MR) is 97.7 cm³/mol. The van der Waals surface area contributed by atoms with Gasteiger partial charge in [0, 0.05) is 12.5 Å². The zero-order valence-electron chi connectivity index (χ0n) is 15.1. The van der Waals surface area contributed by atoms with E-state index in [0.29, 0.717) is 18.7 Å². The van der Waals surface area contributed by atoms with Crippen molar-refractivity contribution in [2.24, 2.45) is 5.92 Å². The predicted octanol–water partition coefficient (Wildman–Crippen LogP) is 2.60. The molecule has 0 radical (unpaired) electrons. The molecule has 6 heteroatoms. The van der Waals surface area contributed by atoms with Crippen LogP contribution >= 0.6 is 0 Å². The number of hydrogen-bond donors (Lipinski definition) is 1. The molecule has 2 aliphatic heterocycles. The van der Waals surface area contributed by atoms with Gasteiger partial charge in [-0.2, -0.15) is 0 Å². The second-order valence-corrected chi connectivity index (χ2v) is 7.67. The highest BCUT2D eigenvalue weighted by molar-refractivity contribution is 6.19. The maximum absolute atomic E-state index is 13.2. The van der Waals surface area contributed by atoms with Crippen molar-refractivity contribution in [3.05, 3.63) is 29.8 Å². The first-order chi connectivity index (χ1) is 12.6. The average Bonchev–Trinajstić information content (AvgIpc) is 3.07. The molecule has 3 fully saturated rings. The van der Waals surface area contributed by atoms with E-state index >= 15 is 0 Å². The molecule has 1 aromatic rings. The number of amides is 4. The highest BCUT2D eigenvalue weighted by Gasteiger charge is 2.50. The van der Waals surface area contributed by atoms with Crippen molar-refractivity contribution in [3.8, 4) is 0 Å². The molecule has 2 saturated heterocycles. The van der Waals surface area contributed by atoms with E-state index in [9.17, 15) is 14.4 Å². The molecule has 2 atom stereocenters. The van der Waals surface area contributed by atoms with Crippen molar-refractivity contribution in [3.63, 3.8) is 0 Å². The third kappa shape index (κ3) is 2.87. The van der Waals surface area contributed by atoms with E-state index in [1.54, 1.807) is 17.0 Å². The van der Waals surface area contributed by atoms with Crippen LogP contribution in [0.15, 0.2) is 24.3 Å². The number of carbonyl (C=O) groups is 3. The summed E-state index contributed by atoms with van der Waals surface area (Å²) in [6.45, 7) is 2.50. The van der Waals surface area contributed by atoms with Crippen LogP contribution in [0.25, 0.3) is 0 Å². The molecule has 3 aliphatic rings. The summed E-state index contributed by atoms with van der Waals surface area (Å²) >= 11 is 0. The van der Waals surface area contributed by atoms with Crippen molar-refractivity contribution in [1.29, 1.82) is 0 Å². The van der Waals surface area contributed by atoms with Crippen LogP contribution in [-0.4, -0.2) is 41.4 Å². The van der Waals surface area contributed by atoms with Crippen molar-refractivity contribution < 1.29 is 14.4 Å². The molecule has 0 spiro atoms. The van der Waals surface area contributed by atoms with Gasteiger partial charge in [0.25, 0.3) is 5.91 Å². The summed E-state index contributed by atoms with van der Waals surface area (Å²) in [4.78, 5) is 41.6. The van der Waals surface area contributed by atoms with Gasteiger partial charge >= 0.3 is 6.03 Å². The molecule has 1 aromatic carbocycles. The van der Waals surface area contributed by atoms with Crippen LogP contribution in [0.3, 0.4) is 0 Å². The number of likely N-dealkylation sites (tertiary alicyclic amines) is 1. The molecule has 1 N–H and O–H groups in total. The SMILES string of the molecule is Cc1ccc(N2C(=O)NC3CCN(C(=O)C4CCCCC4)C3C2=O)cc1. The molecule has 4 amide bonds. The van der Waals surface area contributed by atoms with Gasteiger partial charge < -0.3 is 10.2 Å². The Morgan fingerprint density at radius 3 is 2.42 bits per heavy atom. The molecule has 2 unspecified atom stereocenters. The number of nitrogens with zero attached hydrogens (tertiary/aromatic N) is 2. The number of fused-ring (bicyclic) bond motifs is 1. The Morgan fingerprint density at radius 1 is 1.04 bits per heavy atom. The summed E-state index contributed by atoms with van der Waals surface area (Å²) in [5.74, 6) is -0.171. The summed E-state index contributed by atoms with van der Waals surface area (Å²) in [5.41, 5.74) is 1.61. The van der Waals surface area contributed by atoms with Crippen molar-refractivity contribution in [2.45, 2.75) is 57.5 Å². The fourth-order valence-electron chi connectivity index (χ4n) is 4.47. The minimum Gasteiger partial charge on any atom is -0.332 e. The number of aryl methyl sites for hydroxylation is 1. The first-order valence-corrected chi connectivity index (χ1v) is 9.58. The van der Waals surface area contributed by atoms with Crippen LogP contribution in [0, 0.1) is 12.8 Å². The third-order valence-corrected chi connectivity index (χ3v) is 5.91. The van der Waals surface area contributed by atoms with Gasteiger partial charge in [0.2, 0.25) is 5.91 Å². The van der Waals surface area contributed by atoms with Gasteiger partial charge in [0.15, 0.2) is 0 Å². The average molecular weight is 355 g/mol. The molecule has 6 nitrogen and oxygen atoms in total. The lowest BCUT2D eigenvalue weighted by atomic mass is 9.88. The quantitative estimate of drug-likeness (QED) is 0.886. The Balaban J connectivity index is 1.58. The minimum atomic E-state index is -0.580. The zero-order chi connectivity index (χ0) is 18.3.